The third kappa shape index (κ3) is 7.54. The van der Waals surface area contributed by atoms with E-state index in [0.717, 1.165) is 48.8 Å². The van der Waals surface area contributed by atoms with E-state index in [4.69, 9.17) is 24.1 Å². The fourth-order valence-electron chi connectivity index (χ4n) is 9.97. The lowest BCUT2D eigenvalue weighted by molar-refractivity contribution is -0.172. The second-order valence-corrected chi connectivity index (χ2v) is 17.5. The maximum Gasteiger partial charge on any atom is 0.338 e. The van der Waals surface area contributed by atoms with E-state index >= 15 is 0 Å². The van der Waals surface area contributed by atoms with Gasteiger partial charge >= 0.3 is 5.97 Å². The second-order valence-electron chi connectivity index (χ2n) is 17.5. The molecule has 11 nitrogen and oxygen atoms in total. The number of hydrogen-bond donors (Lipinski definition) is 4. The van der Waals surface area contributed by atoms with Crippen LogP contribution in [0.3, 0.4) is 0 Å². The van der Waals surface area contributed by atoms with Crippen LogP contribution in [-0.4, -0.2) is 89.1 Å². The van der Waals surface area contributed by atoms with Gasteiger partial charge in [0.2, 0.25) is 11.8 Å². The molecule has 0 radical (unpaired) electrons. The largest absolute Gasteiger partial charge is 0.456 e. The Morgan fingerprint density at radius 3 is 2.49 bits per heavy atom. The van der Waals surface area contributed by atoms with Gasteiger partial charge in [-0.25, -0.2) is 4.79 Å². The molecule has 55 heavy (non-hydrogen) atoms. The van der Waals surface area contributed by atoms with E-state index in [1.807, 2.05) is 42.5 Å². The van der Waals surface area contributed by atoms with E-state index in [9.17, 15) is 19.5 Å². The van der Waals surface area contributed by atoms with Crippen LogP contribution in [0.25, 0.3) is 6.08 Å². The lowest BCUT2D eigenvalue weighted by Gasteiger charge is -2.53. The van der Waals surface area contributed by atoms with Crippen molar-refractivity contribution in [2.75, 3.05) is 13.2 Å². The fourth-order valence-corrected chi connectivity index (χ4v) is 9.97. The zero-order valence-electron chi connectivity index (χ0n) is 32.2. The van der Waals surface area contributed by atoms with Gasteiger partial charge < -0.3 is 39.8 Å². The lowest BCUT2D eigenvalue weighted by atomic mass is 9.52. The zero-order chi connectivity index (χ0) is 38.7. The number of carbonyl (C=O) groups excluding carboxylic acids is 3. The quantitative estimate of drug-likeness (QED) is 0.213. The van der Waals surface area contributed by atoms with Gasteiger partial charge in [-0.15, -0.1) is 0 Å². The summed E-state index contributed by atoms with van der Waals surface area (Å²) in [6.07, 6.45) is 7.22. The van der Waals surface area contributed by atoms with Crippen LogP contribution in [0.15, 0.2) is 65.8 Å². The fraction of sp³-hybridized carbons (Fsp3) is 0.568. The average molecular weight is 755 g/mol. The summed E-state index contributed by atoms with van der Waals surface area (Å²) in [5.74, 6) is -1.61. The van der Waals surface area contributed by atoms with E-state index < -0.39 is 54.0 Å². The number of aliphatic hydroxyl groups excluding tert-OH is 2. The molecule has 2 heterocycles. The Kier molecular flexibility index (Phi) is 10.1. The van der Waals surface area contributed by atoms with Crippen molar-refractivity contribution in [3.05, 3.63) is 88.0 Å². The Morgan fingerprint density at radius 1 is 1.02 bits per heavy atom. The zero-order valence-corrected chi connectivity index (χ0v) is 32.2. The number of amides is 2. The van der Waals surface area contributed by atoms with Crippen molar-refractivity contribution in [2.45, 2.75) is 127 Å². The van der Waals surface area contributed by atoms with Gasteiger partial charge in [0.15, 0.2) is 5.79 Å². The third-order valence-corrected chi connectivity index (χ3v) is 13.1. The molecule has 8 rings (SSSR count). The van der Waals surface area contributed by atoms with Gasteiger partial charge in [0.25, 0.3) is 0 Å². The minimum Gasteiger partial charge on any atom is -0.456 e. The highest BCUT2D eigenvalue weighted by Crippen LogP contribution is 2.60. The van der Waals surface area contributed by atoms with Crippen LogP contribution < -0.4 is 10.6 Å². The molecular weight excluding hydrogens is 700 g/mol. The Balaban J connectivity index is 1.03. The maximum absolute atomic E-state index is 14.0. The van der Waals surface area contributed by atoms with Crippen LogP contribution >= 0.6 is 0 Å². The number of fused-ring (bicyclic) bond motifs is 4. The number of benzene rings is 2. The summed E-state index contributed by atoms with van der Waals surface area (Å²) < 4.78 is 25.7. The van der Waals surface area contributed by atoms with E-state index in [1.165, 1.54) is 12.5 Å². The van der Waals surface area contributed by atoms with E-state index in [2.05, 4.69) is 37.5 Å². The number of aliphatic hydroxyl groups is 2. The molecular formula is C44H54N2O9. The summed E-state index contributed by atoms with van der Waals surface area (Å²) >= 11 is 0. The van der Waals surface area contributed by atoms with Crippen LogP contribution in [0.4, 0.5) is 0 Å². The molecule has 2 aromatic rings. The van der Waals surface area contributed by atoms with E-state index in [-0.39, 0.29) is 36.2 Å². The van der Waals surface area contributed by atoms with Gasteiger partial charge in [0.05, 0.1) is 30.0 Å². The lowest BCUT2D eigenvalue weighted by Crippen LogP contribution is -2.54. The predicted molar refractivity (Wildman–Crippen MR) is 203 cm³/mol. The van der Waals surface area contributed by atoms with Crippen molar-refractivity contribution in [3.63, 3.8) is 0 Å². The van der Waals surface area contributed by atoms with Gasteiger partial charge in [0.1, 0.15) is 24.4 Å². The number of ether oxygens (including phenoxy) is 4. The van der Waals surface area contributed by atoms with Crippen molar-refractivity contribution < 1.29 is 43.5 Å². The van der Waals surface area contributed by atoms with Crippen LogP contribution in [0.5, 0.6) is 0 Å². The summed E-state index contributed by atoms with van der Waals surface area (Å²) in [5, 5.41) is 24.7. The Morgan fingerprint density at radius 2 is 1.78 bits per heavy atom. The van der Waals surface area contributed by atoms with Gasteiger partial charge in [-0.05, 0) is 98.1 Å². The summed E-state index contributed by atoms with van der Waals surface area (Å²) in [7, 11) is 0. The molecule has 11 heteroatoms. The van der Waals surface area contributed by atoms with Gasteiger partial charge in [-0.1, -0.05) is 61.9 Å². The molecule has 1 spiro atoms. The normalized spacial score (nSPS) is 32.8. The molecule has 2 saturated carbocycles. The monoisotopic (exact) mass is 754 g/mol. The first kappa shape index (κ1) is 38.0. The number of allylic oxidation sites excluding steroid dienone is 1. The first-order valence-corrected chi connectivity index (χ1v) is 20.0. The van der Waals surface area contributed by atoms with Crippen molar-refractivity contribution in [2.24, 2.45) is 17.3 Å². The number of esters is 1. The smallest absolute Gasteiger partial charge is 0.338 e. The topological polar surface area (TPSA) is 156 Å². The summed E-state index contributed by atoms with van der Waals surface area (Å²) in [4.78, 5) is 40.5. The van der Waals surface area contributed by atoms with Gasteiger partial charge in [-0.3, -0.25) is 9.59 Å². The molecule has 0 aromatic heterocycles. The molecule has 4 aliphatic carbocycles. The van der Waals surface area contributed by atoms with E-state index in [1.54, 1.807) is 12.1 Å². The third-order valence-electron chi connectivity index (χ3n) is 13.1. The van der Waals surface area contributed by atoms with Crippen molar-refractivity contribution in [1.29, 1.82) is 0 Å². The van der Waals surface area contributed by atoms with Crippen molar-refractivity contribution >= 4 is 23.9 Å². The number of hydrogen-bond acceptors (Lipinski definition) is 9. The SMILES string of the molecule is CC(O)C(NC(=O)C1=CC2OC3(Cc4ccccc4C3)OC2C(OC(=O)c2cccc(C=C3CCC4OC4(C)CCC4C3CC4(C)C)c2)C1)C(=O)NCCO. The highest BCUT2D eigenvalue weighted by atomic mass is 16.8. The van der Waals surface area contributed by atoms with Gasteiger partial charge in [-0.2, -0.15) is 0 Å². The molecule has 0 bridgehead atoms. The summed E-state index contributed by atoms with van der Waals surface area (Å²) in [6, 6.07) is 14.3. The highest BCUT2D eigenvalue weighted by Gasteiger charge is 2.57. The molecule has 6 aliphatic rings. The highest BCUT2D eigenvalue weighted by molar-refractivity contribution is 5.97. The number of carbonyl (C=O) groups is 3. The van der Waals surface area contributed by atoms with E-state index in [0.29, 0.717) is 36.3 Å². The van der Waals surface area contributed by atoms with Crippen LogP contribution in [0, 0.1) is 17.3 Å². The average Bonchev–Trinajstić information content (AvgIpc) is 3.44. The first-order valence-electron chi connectivity index (χ1n) is 20.0. The standard InChI is InChI=1S/C44H54N2O9/c1-25(48)37(40(50)45-16-17-47)46-39(49)31-20-34(38-35(21-31)53-44(55-38)22-29-9-5-6-10-30(29)23-44)52-41(51)28-11-7-8-26(19-28)18-27-12-13-36-43(4,54-36)15-14-33-32(27)24-42(33,2)3/h5-11,18-19,21,25,32-38,47-48H,12-17,20,22-24H2,1-4H3,(H,45,50)(H,46,49). The number of rotatable bonds is 9. The minimum absolute atomic E-state index is 0.00651. The maximum atomic E-state index is 14.0. The molecule has 9 atom stereocenters. The summed E-state index contributed by atoms with van der Waals surface area (Å²) in [5.41, 5.74) is 5.55. The molecule has 2 amide bonds. The second kappa shape index (κ2) is 14.6. The van der Waals surface area contributed by atoms with Crippen molar-refractivity contribution in [3.8, 4) is 0 Å². The Labute approximate surface area is 322 Å². The molecule has 2 saturated heterocycles. The summed E-state index contributed by atoms with van der Waals surface area (Å²) in [6.45, 7) is 8.10. The predicted octanol–water partition coefficient (Wildman–Crippen LogP) is 4.57. The van der Waals surface area contributed by atoms with Crippen LogP contribution in [0.2, 0.25) is 0 Å². The Bertz CT molecular complexity index is 1880. The molecule has 2 aliphatic heterocycles. The first-order chi connectivity index (χ1) is 26.3. The minimum atomic E-state index is -1.27. The molecule has 4 fully saturated rings. The van der Waals surface area contributed by atoms with Gasteiger partial charge in [0, 0.05) is 31.4 Å². The van der Waals surface area contributed by atoms with Crippen molar-refractivity contribution in [1.82, 2.24) is 10.6 Å². The number of nitrogens with one attached hydrogen (secondary N) is 2. The molecule has 2 aromatic carbocycles. The Hall–Kier alpha value is -3.87. The molecule has 4 N–H and O–H groups in total. The molecule has 294 valence electrons. The number of epoxide rings is 1. The molecule has 9 unspecified atom stereocenters. The van der Waals surface area contributed by atoms with Crippen LogP contribution in [-0.2, 0) is 41.4 Å². The van der Waals surface area contributed by atoms with Crippen LogP contribution in [0.1, 0.15) is 93.3 Å².